The van der Waals surface area contributed by atoms with Crippen LogP contribution in [0.3, 0.4) is 0 Å². The predicted molar refractivity (Wildman–Crippen MR) is 182 cm³/mol. The monoisotopic (exact) mass is 538 g/mol. The van der Waals surface area contributed by atoms with Crippen LogP contribution >= 0.6 is 0 Å². The van der Waals surface area contributed by atoms with Crippen LogP contribution in [0.5, 0.6) is 0 Å². The molecule has 0 fully saturated rings. The Morgan fingerprint density at radius 2 is 0.810 bits per heavy atom. The Kier molecular flexibility index (Phi) is 6.90. The summed E-state index contributed by atoms with van der Waals surface area (Å²) in [5.74, 6) is 0.589. The maximum absolute atomic E-state index is 2.30. The Hall–Kier alpha value is -4.94. The molecule has 7 rings (SSSR count). The summed E-state index contributed by atoms with van der Waals surface area (Å²) in [6, 6.07) is 55.6. The summed E-state index contributed by atoms with van der Waals surface area (Å²) in [6.45, 7) is 4.54. The molecule has 0 aromatic heterocycles. The average Bonchev–Trinajstić information content (AvgIpc) is 3.07. The van der Waals surface area contributed by atoms with Gasteiger partial charge in [-0.25, -0.2) is 0 Å². The number of benzene rings is 7. The van der Waals surface area contributed by atoms with Crippen LogP contribution in [0.2, 0.25) is 0 Å². The molecule has 0 bridgehead atoms. The molecule has 0 N–H and O–H groups in total. The smallest absolute Gasteiger partial charge is 0.00201 e. The topological polar surface area (TPSA) is 0 Å². The van der Waals surface area contributed by atoms with Gasteiger partial charge in [0.1, 0.15) is 0 Å². The molecule has 42 heavy (non-hydrogen) atoms. The fourth-order valence-corrected chi connectivity index (χ4v) is 6.37. The number of hydrogen-bond acceptors (Lipinski definition) is 0. The predicted octanol–water partition coefficient (Wildman–Crippen LogP) is 12.2. The summed E-state index contributed by atoms with van der Waals surface area (Å²) in [7, 11) is 0. The first-order valence-electron chi connectivity index (χ1n) is 15.0. The van der Waals surface area contributed by atoms with E-state index in [9.17, 15) is 0 Å². The highest BCUT2D eigenvalue weighted by atomic mass is 14.2. The van der Waals surface area contributed by atoms with E-state index < -0.39 is 0 Å². The highest BCUT2D eigenvalue weighted by Crippen LogP contribution is 2.46. The van der Waals surface area contributed by atoms with Crippen molar-refractivity contribution in [1.82, 2.24) is 0 Å². The highest BCUT2D eigenvalue weighted by Gasteiger charge is 2.18. The van der Waals surface area contributed by atoms with E-state index in [1.165, 1.54) is 71.6 Å². The molecular formula is C42H34. The molecule has 0 aliphatic rings. The van der Waals surface area contributed by atoms with Crippen molar-refractivity contribution < 1.29 is 0 Å². The summed E-state index contributed by atoms with van der Waals surface area (Å²) in [4.78, 5) is 0. The van der Waals surface area contributed by atoms with E-state index >= 15 is 0 Å². The summed E-state index contributed by atoms with van der Waals surface area (Å²) in [5, 5.41) is 5.11. The molecule has 0 saturated carbocycles. The second-order valence-electron chi connectivity index (χ2n) is 11.3. The molecule has 1 unspecified atom stereocenters. The molecule has 0 saturated heterocycles. The third-order valence-electron chi connectivity index (χ3n) is 8.81. The molecule has 7 aromatic carbocycles. The second kappa shape index (κ2) is 11.1. The van der Waals surface area contributed by atoms with Crippen molar-refractivity contribution in [2.45, 2.75) is 26.2 Å². The van der Waals surface area contributed by atoms with E-state index in [2.05, 4.69) is 166 Å². The number of fused-ring (bicyclic) bond motifs is 2. The van der Waals surface area contributed by atoms with E-state index in [1.54, 1.807) is 0 Å². The molecular weight excluding hydrogens is 504 g/mol. The van der Waals surface area contributed by atoms with Gasteiger partial charge in [-0.2, -0.15) is 0 Å². The molecule has 0 radical (unpaired) electrons. The van der Waals surface area contributed by atoms with Crippen LogP contribution in [0.4, 0.5) is 0 Å². The fraction of sp³-hybridized carbons (Fsp3) is 0.0952. The third kappa shape index (κ3) is 4.60. The van der Waals surface area contributed by atoms with E-state index in [4.69, 9.17) is 0 Å². The minimum absolute atomic E-state index is 0.589. The quantitative estimate of drug-likeness (QED) is 0.185. The van der Waals surface area contributed by atoms with Crippen LogP contribution in [0, 0.1) is 0 Å². The van der Waals surface area contributed by atoms with E-state index in [0.29, 0.717) is 5.92 Å². The largest absolute Gasteiger partial charge is 0.0648 e. The van der Waals surface area contributed by atoms with E-state index in [1.807, 2.05) is 0 Å². The Bertz CT molecular complexity index is 1940. The van der Waals surface area contributed by atoms with Crippen LogP contribution < -0.4 is 0 Å². The van der Waals surface area contributed by atoms with Gasteiger partial charge >= 0.3 is 0 Å². The van der Waals surface area contributed by atoms with Gasteiger partial charge in [0.15, 0.2) is 0 Å². The van der Waals surface area contributed by atoms with Crippen LogP contribution in [0.25, 0.3) is 66.1 Å². The lowest BCUT2D eigenvalue weighted by Gasteiger charge is -2.20. The zero-order chi connectivity index (χ0) is 28.5. The zero-order valence-electron chi connectivity index (χ0n) is 24.2. The lowest BCUT2D eigenvalue weighted by Crippen LogP contribution is -1.93. The molecule has 0 aliphatic heterocycles. The minimum atomic E-state index is 0.589. The Labute approximate surface area is 248 Å². The summed E-state index contributed by atoms with van der Waals surface area (Å²) >= 11 is 0. The molecule has 7 aromatic rings. The SMILES string of the molecule is CCC(C)c1ccc(-c2ccc(-c3c4ccccc4c(-c4ccccc4-c4ccccc4)c4ccccc34)cc2)cc1. The summed E-state index contributed by atoms with van der Waals surface area (Å²) < 4.78 is 0. The molecule has 0 nitrogen and oxygen atoms in total. The Balaban J connectivity index is 1.41. The molecule has 0 heterocycles. The van der Waals surface area contributed by atoms with Crippen LogP contribution in [-0.4, -0.2) is 0 Å². The first kappa shape index (κ1) is 26.0. The van der Waals surface area contributed by atoms with Crippen LogP contribution in [0.1, 0.15) is 31.7 Å². The third-order valence-corrected chi connectivity index (χ3v) is 8.81. The first-order chi connectivity index (χ1) is 20.7. The molecule has 1 atom stereocenters. The van der Waals surface area contributed by atoms with Gasteiger partial charge in [-0.15, -0.1) is 0 Å². The van der Waals surface area contributed by atoms with Crippen molar-refractivity contribution in [3.05, 3.63) is 157 Å². The summed E-state index contributed by atoms with van der Waals surface area (Å²) in [6.07, 6.45) is 1.16. The van der Waals surface area contributed by atoms with Gasteiger partial charge in [0.2, 0.25) is 0 Å². The number of rotatable bonds is 6. The standard InChI is InChI=1S/C42H34/c1-3-29(2)30-21-23-31(24-22-30)32-25-27-34(28-26-32)41-37-17-9-11-19-39(37)42(40-20-12-10-18-38(40)41)36-16-8-7-15-35(36)33-13-5-4-6-14-33/h4-29H,3H2,1-2H3. The lowest BCUT2D eigenvalue weighted by molar-refractivity contribution is 0.734. The van der Waals surface area contributed by atoms with Gasteiger partial charge < -0.3 is 0 Å². The average molecular weight is 539 g/mol. The van der Waals surface area contributed by atoms with Gasteiger partial charge in [-0.1, -0.05) is 166 Å². The molecule has 0 heteroatoms. The van der Waals surface area contributed by atoms with Gasteiger partial charge in [-0.05, 0) is 84.0 Å². The molecule has 0 amide bonds. The highest BCUT2D eigenvalue weighted by molar-refractivity contribution is 6.22. The first-order valence-corrected chi connectivity index (χ1v) is 15.0. The maximum Gasteiger partial charge on any atom is -0.00201 e. The summed E-state index contributed by atoms with van der Waals surface area (Å²) in [5.41, 5.74) is 11.5. The van der Waals surface area contributed by atoms with Crippen LogP contribution in [-0.2, 0) is 0 Å². The van der Waals surface area contributed by atoms with Gasteiger partial charge in [-0.3, -0.25) is 0 Å². The Morgan fingerprint density at radius 3 is 1.36 bits per heavy atom. The van der Waals surface area contributed by atoms with E-state index in [0.717, 1.165) is 6.42 Å². The molecule has 0 aliphatic carbocycles. The lowest BCUT2D eigenvalue weighted by atomic mass is 9.83. The van der Waals surface area contributed by atoms with Crippen molar-refractivity contribution in [3.8, 4) is 44.5 Å². The van der Waals surface area contributed by atoms with Gasteiger partial charge in [0.05, 0.1) is 0 Å². The normalized spacial score (nSPS) is 12.0. The van der Waals surface area contributed by atoms with Crippen molar-refractivity contribution >= 4 is 21.5 Å². The van der Waals surface area contributed by atoms with Gasteiger partial charge in [0, 0.05) is 0 Å². The van der Waals surface area contributed by atoms with Crippen molar-refractivity contribution in [2.24, 2.45) is 0 Å². The van der Waals surface area contributed by atoms with E-state index in [-0.39, 0.29) is 0 Å². The fourth-order valence-electron chi connectivity index (χ4n) is 6.37. The Morgan fingerprint density at radius 1 is 0.381 bits per heavy atom. The van der Waals surface area contributed by atoms with Crippen molar-refractivity contribution in [1.29, 1.82) is 0 Å². The van der Waals surface area contributed by atoms with Crippen molar-refractivity contribution in [2.75, 3.05) is 0 Å². The number of hydrogen-bond donors (Lipinski definition) is 0. The minimum Gasteiger partial charge on any atom is -0.0648 e. The second-order valence-corrected chi connectivity index (χ2v) is 11.3. The van der Waals surface area contributed by atoms with Crippen molar-refractivity contribution in [3.63, 3.8) is 0 Å². The zero-order valence-corrected chi connectivity index (χ0v) is 24.2. The van der Waals surface area contributed by atoms with Crippen LogP contribution in [0.15, 0.2) is 152 Å². The molecule has 202 valence electrons. The molecule has 0 spiro atoms. The van der Waals surface area contributed by atoms with Gasteiger partial charge in [0.25, 0.3) is 0 Å². The maximum atomic E-state index is 2.30.